The van der Waals surface area contributed by atoms with Crippen LogP contribution in [0.4, 0.5) is 0 Å². The summed E-state index contributed by atoms with van der Waals surface area (Å²) in [6, 6.07) is 4.23. The summed E-state index contributed by atoms with van der Waals surface area (Å²) in [7, 11) is 1.73. The zero-order chi connectivity index (χ0) is 13.0. The molecule has 1 aliphatic heterocycles. The largest absolute Gasteiger partial charge is 0.453 e. The maximum absolute atomic E-state index is 6.32. The Morgan fingerprint density at radius 1 is 1.50 bits per heavy atom. The van der Waals surface area contributed by atoms with Gasteiger partial charge in [-0.05, 0) is 47.4 Å². The molecule has 1 aliphatic rings. The molecule has 4 nitrogen and oxygen atoms in total. The lowest BCUT2D eigenvalue weighted by atomic mass is 10.0. The number of likely N-dealkylation sites (tertiary alicyclic amines) is 1. The van der Waals surface area contributed by atoms with Crippen LogP contribution in [0.5, 0.6) is 0 Å². The number of hydrogen-bond donors (Lipinski definition) is 1. The summed E-state index contributed by atoms with van der Waals surface area (Å²) in [5.41, 5.74) is 6.32. The van der Waals surface area contributed by atoms with Gasteiger partial charge in [0.25, 0.3) is 0 Å². The van der Waals surface area contributed by atoms with Gasteiger partial charge in [-0.1, -0.05) is 6.42 Å². The van der Waals surface area contributed by atoms with E-state index in [1.807, 2.05) is 12.1 Å². The van der Waals surface area contributed by atoms with E-state index in [0.29, 0.717) is 0 Å². The van der Waals surface area contributed by atoms with Gasteiger partial charge in [-0.3, -0.25) is 4.90 Å². The molecule has 1 saturated heterocycles. The molecule has 18 heavy (non-hydrogen) atoms. The molecule has 2 unspecified atom stereocenters. The molecule has 1 aromatic rings. The molecule has 2 N–H and O–H groups in total. The van der Waals surface area contributed by atoms with Crippen LogP contribution in [0, 0.1) is 0 Å². The van der Waals surface area contributed by atoms with Gasteiger partial charge >= 0.3 is 0 Å². The van der Waals surface area contributed by atoms with E-state index < -0.39 is 0 Å². The minimum atomic E-state index is 0.127. The van der Waals surface area contributed by atoms with Crippen molar-refractivity contribution < 1.29 is 9.15 Å². The molecule has 2 heterocycles. The maximum atomic E-state index is 6.32. The Balaban J connectivity index is 2.17. The highest BCUT2D eigenvalue weighted by Crippen LogP contribution is 2.31. The summed E-state index contributed by atoms with van der Waals surface area (Å²) in [6.45, 7) is 2.68. The molecule has 2 rings (SSSR count). The van der Waals surface area contributed by atoms with Gasteiger partial charge in [0.05, 0.1) is 12.6 Å². The first-order valence-electron chi connectivity index (χ1n) is 6.46. The predicted molar refractivity (Wildman–Crippen MR) is 74.4 cm³/mol. The van der Waals surface area contributed by atoms with Crippen LogP contribution in [0.1, 0.15) is 31.1 Å². The van der Waals surface area contributed by atoms with Gasteiger partial charge in [-0.15, -0.1) is 0 Å². The molecule has 0 aliphatic carbocycles. The predicted octanol–water partition coefficient (Wildman–Crippen LogP) is 2.54. The van der Waals surface area contributed by atoms with Gasteiger partial charge in [-0.25, -0.2) is 0 Å². The van der Waals surface area contributed by atoms with E-state index in [1.54, 1.807) is 7.11 Å². The fourth-order valence-electron chi connectivity index (χ4n) is 2.60. The zero-order valence-corrected chi connectivity index (χ0v) is 12.4. The summed E-state index contributed by atoms with van der Waals surface area (Å²) >= 11 is 3.36. The van der Waals surface area contributed by atoms with Crippen LogP contribution >= 0.6 is 15.9 Å². The fourth-order valence-corrected chi connectivity index (χ4v) is 2.92. The van der Waals surface area contributed by atoms with Crippen molar-refractivity contribution in [1.82, 2.24) is 4.90 Å². The van der Waals surface area contributed by atoms with Crippen LogP contribution in [0.25, 0.3) is 0 Å². The monoisotopic (exact) mass is 316 g/mol. The van der Waals surface area contributed by atoms with Crippen LogP contribution in [-0.4, -0.2) is 37.7 Å². The van der Waals surface area contributed by atoms with E-state index in [4.69, 9.17) is 14.9 Å². The SMILES string of the molecule is COCCN1CCCCC(N)C1c1ccc(Br)o1. The molecule has 1 aromatic heterocycles. The van der Waals surface area contributed by atoms with Gasteiger partial charge in [0.15, 0.2) is 4.67 Å². The van der Waals surface area contributed by atoms with Crippen molar-refractivity contribution >= 4 is 15.9 Å². The lowest BCUT2D eigenvalue weighted by Gasteiger charge is -2.31. The van der Waals surface area contributed by atoms with E-state index in [9.17, 15) is 0 Å². The molecule has 5 heteroatoms. The van der Waals surface area contributed by atoms with Gasteiger partial charge in [0, 0.05) is 19.7 Å². The van der Waals surface area contributed by atoms with Crippen molar-refractivity contribution in [2.75, 3.05) is 26.8 Å². The number of rotatable bonds is 4. The van der Waals surface area contributed by atoms with E-state index in [-0.39, 0.29) is 12.1 Å². The van der Waals surface area contributed by atoms with Gasteiger partial charge in [0.2, 0.25) is 0 Å². The third-order valence-corrected chi connectivity index (χ3v) is 3.93. The first kappa shape index (κ1) is 14.1. The highest BCUT2D eigenvalue weighted by Gasteiger charge is 2.30. The second-order valence-corrected chi connectivity index (χ2v) is 5.56. The lowest BCUT2D eigenvalue weighted by molar-refractivity contribution is 0.105. The second-order valence-electron chi connectivity index (χ2n) is 4.78. The first-order chi connectivity index (χ1) is 8.72. The summed E-state index contributed by atoms with van der Waals surface area (Å²) in [5.74, 6) is 0.951. The molecule has 2 atom stereocenters. The van der Waals surface area contributed by atoms with Crippen molar-refractivity contribution in [3.63, 3.8) is 0 Å². The van der Waals surface area contributed by atoms with Crippen LogP contribution in [0.15, 0.2) is 21.2 Å². The molecule has 0 radical (unpaired) electrons. The fraction of sp³-hybridized carbons (Fsp3) is 0.692. The molecule has 0 amide bonds. The average Bonchev–Trinajstić information content (AvgIpc) is 2.68. The highest BCUT2D eigenvalue weighted by atomic mass is 79.9. The minimum Gasteiger partial charge on any atom is -0.453 e. The second kappa shape index (κ2) is 6.70. The molecule has 0 saturated carbocycles. The molecule has 1 fully saturated rings. The van der Waals surface area contributed by atoms with Gasteiger partial charge < -0.3 is 14.9 Å². The van der Waals surface area contributed by atoms with Crippen LogP contribution in [0.3, 0.4) is 0 Å². The minimum absolute atomic E-state index is 0.127. The van der Waals surface area contributed by atoms with E-state index in [0.717, 1.165) is 36.5 Å². The summed E-state index contributed by atoms with van der Waals surface area (Å²) in [6.07, 6.45) is 3.42. The number of methoxy groups -OCH3 is 1. The number of hydrogen-bond acceptors (Lipinski definition) is 4. The average molecular weight is 317 g/mol. The lowest BCUT2D eigenvalue weighted by Crippen LogP contribution is -2.41. The summed E-state index contributed by atoms with van der Waals surface area (Å²) in [5, 5.41) is 0. The number of ether oxygens (including phenoxy) is 1. The normalized spacial score (nSPS) is 26.2. The Morgan fingerprint density at radius 3 is 3.00 bits per heavy atom. The van der Waals surface area contributed by atoms with E-state index >= 15 is 0 Å². The van der Waals surface area contributed by atoms with Crippen molar-refractivity contribution in [1.29, 1.82) is 0 Å². The van der Waals surface area contributed by atoms with Crippen molar-refractivity contribution in [3.8, 4) is 0 Å². The standard InChI is InChI=1S/C13H21BrN2O2/c1-17-9-8-16-7-3-2-4-10(15)13(16)11-5-6-12(14)18-11/h5-6,10,13H,2-4,7-9,15H2,1H3. The highest BCUT2D eigenvalue weighted by molar-refractivity contribution is 9.10. The molecule has 0 bridgehead atoms. The topological polar surface area (TPSA) is 51.6 Å². The Kier molecular flexibility index (Phi) is 5.24. The number of nitrogens with two attached hydrogens (primary N) is 1. The molecule has 102 valence electrons. The zero-order valence-electron chi connectivity index (χ0n) is 10.8. The van der Waals surface area contributed by atoms with Gasteiger partial charge in [0.1, 0.15) is 5.76 Å². The maximum Gasteiger partial charge on any atom is 0.169 e. The van der Waals surface area contributed by atoms with E-state index in [1.165, 1.54) is 12.8 Å². The van der Waals surface area contributed by atoms with Crippen molar-refractivity contribution in [3.05, 3.63) is 22.6 Å². The van der Waals surface area contributed by atoms with Crippen LogP contribution < -0.4 is 5.73 Å². The number of furan rings is 1. The van der Waals surface area contributed by atoms with E-state index in [2.05, 4.69) is 20.8 Å². The molecular weight excluding hydrogens is 296 g/mol. The first-order valence-corrected chi connectivity index (χ1v) is 7.25. The smallest absolute Gasteiger partial charge is 0.169 e. The molecule has 0 aromatic carbocycles. The third kappa shape index (κ3) is 3.35. The quantitative estimate of drug-likeness (QED) is 0.927. The third-order valence-electron chi connectivity index (χ3n) is 3.50. The molecular formula is C13H21BrN2O2. The van der Waals surface area contributed by atoms with Crippen molar-refractivity contribution in [2.45, 2.75) is 31.3 Å². The number of halogens is 1. The van der Waals surface area contributed by atoms with Crippen molar-refractivity contribution in [2.24, 2.45) is 5.73 Å². The summed E-state index contributed by atoms with van der Waals surface area (Å²) in [4.78, 5) is 2.38. The Morgan fingerprint density at radius 2 is 2.33 bits per heavy atom. The van der Waals surface area contributed by atoms with Gasteiger partial charge in [-0.2, -0.15) is 0 Å². The van der Waals surface area contributed by atoms with Crippen LogP contribution in [-0.2, 0) is 4.74 Å². The number of nitrogens with zero attached hydrogens (tertiary/aromatic N) is 1. The molecule has 0 spiro atoms. The Hall–Kier alpha value is -0.360. The van der Waals surface area contributed by atoms with Crippen LogP contribution in [0.2, 0.25) is 0 Å². The summed E-state index contributed by atoms with van der Waals surface area (Å²) < 4.78 is 11.7. The Labute approximate surface area is 117 Å². The Bertz CT molecular complexity index is 370.